The highest BCUT2D eigenvalue weighted by atomic mass is 15.1. The molecule has 0 radical (unpaired) electrons. The maximum atomic E-state index is 5.74. The molecule has 0 aliphatic heterocycles. The van der Waals surface area contributed by atoms with E-state index in [0.29, 0.717) is 5.95 Å². The first-order chi connectivity index (χ1) is 9.19. The summed E-state index contributed by atoms with van der Waals surface area (Å²) in [6.07, 6.45) is 5.08. The van der Waals surface area contributed by atoms with Crippen molar-refractivity contribution in [1.29, 1.82) is 0 Å². The van der Waals surface area contributed by atoms with E-state index in [1.807, 2.05) is 6.07 Å². The van der Waals surface area contributed by atoms with E-state index >= 15 is 0 Å². The summed E-state index contributed by atoms with van der Waals surface area (Å²) in [5.74, 6) is 3.51. The van der Waals surface area contributed by atoms with Gasteiger partial charge in [-0.25, -0.2) is 0 Å². The largest absolute Gasteiger partial charge is 0.370 e. The topological polar surface area (TPSA) is 75.9 Å². The van der Waals surface area contributed by atoms with E-state index in [4.69, 9.17) is 5.73 Å². The number of anilines is 3. The monoisotopic (exact) mass is 263 g/mol. The van der Waals surface area contributed by atoms with Crippen LogP contribution in [-0.2, 0) is 0 Å². The lowest BCUT2D eigenvalue weighted by molar-refractivity contribution is 0.439. The second-order valence-corrected chi connectivity index (χ2v) is 5.47. The molecule has 0 bridgehead atoms. The van der Waals surface area contributed by atoms with Crippen molar-refractivity contribution in [2.75, 3.05) is 29.5 Å². The molecule has 1 saturated carbocycles. The summed E-state index contributed by atoms with van der Waals surface area (Å²) >= 11 is 0. The highest BCUT2D eigenvalue weighted by Gasteiger charge is 2.22. The van der Waals surface area contributed by atoms with Gasteiger partial charge in [-0.1, -0.05) is 26.7 Å². The maximum absolute atomic E-state index is 5.74. The molecule has 2 atom stereocenters. The summed E-state index contributed by atoms with van der Waals surface area (Å²) in [5.41, 5.74) is 5.74. The lowest BCUT2D eigenvalue weighted by atomic mass is 9.98. The molecular formula is C14H25N5. The van der Waals surface area contributed by atoms with Gasteiger partial charge in [-0.15, -0.1) is 0 Å². The standard InChI is InChI=1S/C14H25N5/c1-3-7-16-12-8-13(19-14(15)18-12)17-9-11-6-4-5-10(11)2/h8,10-11H,3-7,9H2,1-2H3,(H4,15,16,17,18,19). The van der Waals surface area contributed by atoms with E-state index in [-0.39, 0.29) is 0 Å². The third-order valence-electron chi connectivity index (χ3n) is 3.88. The molecule has 106 valence electrons. The highest BCUT2D eigenvalue weighted by Crippen LogP contribution is 2.31. The summed E-state index contributed by atoms with van der Waals surface area (Å²) in [4.78, 5) is 8.43. The number of aromatic nitrogens is 2. The zero-order valence-corrected chi connectivity index (χ0v) is 11.9. The highest BCUT2D eigenvalue weighted by molar-refractivity contribution is 5.50. The fourth-order valence-electron chi connectivity index (χ4n) is 2.66. The van der Waals surface area contributed by atoms with Crippen molar-refractivity contribution in [3.8, 4) is 0 Å². The Hall–Kier alpha value is -1.52. The van der Waals surface area contributed by atoms with Crippen LogP contribution >= 0.6 is 0 Å². The van der Waals surface area contributed by atoms with Crippen molar-refractivity contribution in [1.82, 2.24) is 9.97 Å². The summed E-state index contributed by atoms with van der Waals surface area (Å²) < 4.78 is 0. The van der Waals surface area contributed by atoms with Crippen LogP contribution in [0.3, 0.4) is 0 Å². The molecule has 4 N–H and O–H groups in total. The molecule has 19 heavy (non-hydrogen) atoms. The molecule has 5 nitrogen and oxygen atoms in total. The summed E-state index contributed by atoms with van der Waals surface area (Å²) in [7, 11) is 0. The van der Waals surface area contributed by atoms with Crippen LogP contribution in [0.15, 0.2) is 6.07 Å². The van der Waals surface area contributed by atoms with Gasteiger partial charge in [0.25, 0.3) is 0 Å². The number of nitrogens with two attached hydrogens (primary N) is 1. The van der Waals surface area contributed by atoms with E-state index in [1.54, 1.807) is 0 Å². The maximum Gasteiger partial charge on any atom is 0.223 e. The average molecular weight is 263 g/mol. The minimum absolute atomic E-state index is 0.322. The minimum Gasteiger partial charge on any atom is -0.370 e. The third kappa shape index (κ3) is 3.98. The molecule has 0 saturated heterocycles. The van der Waals surface area contributed by atoms with Crippen molar-refractivity contribution in [2.24, 2.45) is 11.8 Å². The average Bonchev–Trinajstić information content (AvgIpc) is 2.79. The predicted octanol–water partition coefficient (Wildman–Crippen LogP) is 2.73. The smallest absolute Gasteiger partial charge is 0.223 e. The Morgan fingerprint density at radius 2 is 2.00 bits per heavy atom. The van der Waals surface area contributed by atoms with Crippen molar-refractivity contribution in [2.45, 2.75) is 39.5 Å². The molecule has 1 aliphatic rings. The van der Waals surface area contributed by atoms with Gasteiger partial charge in [0.15, 0.2) is 0 Å². The molecule has 0 amide bonds. The molecule has 1 aliphatic carbocycles. The zero-order valence-electron chi connectivity index (χ0n) is 11.9. The van der Waals surface area contributed by atoms with Crippen LogP contribution in [0.25, 0.3) is 0 Å². The number of hydrogen-bond acceptors (Lipinski definition) is 5. The quantitative estimate of drug-likeness (QED) is 0.735. The van der Waals surface area contributed by atoms with Gasteiger partial charge in [0.1, 0.15) is 11.6 Å². The summed E-state index contributed by atoms with van der Waals surface area (Å²) in [6.45, 7) is 6.33. The van der Waals surface area contributed by atoms with Crippen LogP contribution in [-0.4, -0.2) is 23.1 Å². The van der Waals surface area contributed by atoms with E-state index in [9.17, 15) is 0 Å². The number of rotatable bonds is 6. The second kappa shape index (κ2) is 6.59. The fourth-order valence-corrected chi connectivity index (χ4v) is 2.66. The summed E-state index contributed by atoms with van der Waals surface area (Å²) in [5, 5.41) is 6.64. The van der Waals surface area contributed by atoms with E-state index < -0.39 is 0 Å². The van der Waals surface area contributed by atoms with Gasteiger partial charge in [-0.2, -0.15) is 9.97 Å². The Morgan fingerprint density at radius 1 is 1.26 bits per heavy atom. The molecule has 0 aromatic carbocycles. The van der Waals surface area contributed by atoms with Crippen LogP contribution < -0.4 is 16.4 Å². The van der Waals surface area contributed by atoms with Crippen molar-refractivity contribution in [3.05, 3.63) is 6.07 Å². The van der Waals surface area contributed by atoms with Crippen LogP contribution in [0.4, 0.5) is 17.6 Å². The second-order valence-electron chi connectivity index (χ2n) is 5.47. The van der Waals surface area contributed by atoms with Gasteiger partial charge >= 0.3 is 0 Å². The summed E-state index contributed by atoms with van der Waals surface area (Å²) in [6, 6.07) is 1.94. The molecule has 1 aromatic rings. The van der Waals surface area contributed by atoms with Gasteiger partial charge < -0.3 is 16.4 Å². The first kappa shape index (κ1) is 13.9. The molecule has 2 rings (SSSR count). The van der Waals surface area contributed by atoms with Crippen LogP contribution in [0.2, 0.25) is 0 Å². The number of hydrogen-bond donors (Lipinski definition) is 3. The van der Waals surface area contributed by atoms with Crippen LogP contribution in [0.5, 0.6) is 0 Å². The van der Waals surface area contributed by atoms with E-state index in [2.05, 4.69) is 34.4 Å². The van der Waals surface area contributed by atoms with E-state index in [1.165, 1.54) is 19.3 Å². The number of nitrogens with zero attached hydrogens (tertiary/aromatic N) is 2. The van der Waals surface area contributed by atoms with Crippen molar-refractivity contribution in [3.63, 3.8) is 0 Å². The minimum atomic E-state index is 0.322. The van der Waals surface area contributed by atoms with Gasteiger partial charge in [0.05, 0.1) is 0 Å². The van der Waals surface area contributed by atoms with Crippen LogP contribution in [0, 0.1) is 11.8 Å². The molecule has 2 unspecified atom stereocenters. The predicted molar refractivity (Wildman–Crippen MR) is 80.2 cm³/mol. The normalized spacial score (nSPS) is 22.4. The van der Waals surface area contributed by atoms with Crippen molar-refractivity contribution < 1.29 is 0 Å². The third-order valence-corrected chi connectivity index (χ3v) is 3.88. The van der Waals surface area contributed by atoms with Gasteiger partial charge in [0.2, 0.25) is 5.95 Å². The molecule has 1 heterocycles. The Kier molecular flexibility index (Phi) is 4.82. The van der Waals surface area contributed by atoms with Gasteiger partial charge in [0, 0.05) is 19.2 Å². The Labute approximate surface area is 115 Å². The Bertz CT molecular complexity index is 407. The Morgan fingerprint density at radius 3 is 2.63 bits per heavy atom. The lowest BCUT2D eigenvalue weighted by Crippen LogP contribution is -2.17. The molecular weight excluding hydrogens is 238 g/mol. The van der Waals surface area contributed by atoms with Gasteiger partial charge in [-0.05, 0) is 24.7 Å². The van der Waals surface area contributed by atoms with E-state index in [0.717, 1.165) is 43.0 Å². The zero-order chi connectivity index (χ0) is 13.7. The first-order valence-electron chi connectivity index (χ1n) is 7.31. The number of nitrogen functional groups attached to an aromatic ring is 1. The van der Waals surface area contributed by atoms with Crippen LogP contribution in [0.1, 0.15) is 39.5 Å². The molecule has 1 aromatic heterocycles. The van der Waals surface area contributed by atoms with Crippen molar-refractivity contribution >= 4 is 17.6 Å². The Balaban J connectivity index is 1.93. The number of nitrogens with one attached hydrogen (secondary N) is 2. The molecule has 0 spiro atoms. The fraction of sp³-hybridized carbons (Fsp3) is 0.714. The SMILES string of the molecule is CCCNc1cc(NCC2CCCC2C)nc(N)n1. The van der Waals surface area contributed by atoms with Gasteiger partial charge in [-0.3, -0.25) is 0 Å². The lowest BCUT2D eigenvalue weighted by Gasteiger charge is -2.16. The molecule has 5 heteroatoms. The molecule has 1 fully saturated rings. The first-order valence-corrected chi connectivity index (χ1v) is 7.31.